The van der Waals surface area contributed by atoms with Crippen LogP contribution in [0.3, 0.4) is 0 Å². The zero-order valence-corrected chi connectivity index (χ0v) is 21.2. The summed E-state index contributed by atoms with van der Waals surface area (Å²) in [4.78, 5) is 11.6. The smallest absolute Gasteiger partial charge is 0.747 e. The molecule has 28 heavy (non-hydrogen) atoms. The van der Waals surface area contributed by atoms with Gasteiger partial charge in [0.05, 0.1) is 11.9 Å². The molecule has 1 unspecified atom stereocenters. The molecule has 0 heterocycles. The van der Waals surface area contributed by atoms with Gasteiger partial charge in [0.1, 0.15) is 15.9 Å². The standard InChI is InChI=1S/C21H41NO4S.Na/c1-3-4-5-6-7-8-9-10-11-12-13-14-15-16-17-18-21(23)19-22-20(2)27(24,25)26;/h10-11,20,22H,3-9,12-19H2,1-2H3,(H,24,25,26);/q;+1/p-1/b11-10-;. The second-order valence-electron chi connectivity index (χ2n) is 7.39. The Morgan fingerprint density at radius 1 is 0.893 bits per heavy atom. The molecule has 0 saturated carbocycles. The Bertz CT molecular complexity index is 495. The van der Waals surface area contributed by atoms with Gasteiger partial charge in [-0.05, 0) is 39.0 Å². The van der Waals surface area contributed by atoms with E-state index < -0.39 is 15.5 Å². The SMILES string of the molecule is CCCCCCCC/C=C\CCCCCCCC(=O)CNC(C)S(=O)(=O)[O-].[Na+]. The van der Waals surface area contributed by atoms with Crippen molar-refractivity contribution in [3.05, 3.63) is 12.2 Å². The number of ketones is 1. The van der Waals surface area contributed by atoms with E-state index in [-0.39, 0.29) is 41.9 Å². The first-order chi connectivity index (χ1) is 12.9. The van der Waals surface area contributed by atoms with Gasteiger partial charge < -0.3 is 4.55 Å². The van der Waals surface area contributed by atoms with Crippen molar-refractivity contribution in [2.24, 2.45) is 0 Å². The van der Waals surface area contributed by atoms with Gasteiger partial charge in [-0.1, -0.05) is 70.4 Å². The molecule has 0 aromatic carbocycles. The normalized spacial score (nSPS) is 12.8. The van der Waals surface area contributed by atoms with Crippen LogP contribution < -0.4 is 34.9 Å². The van der Waals surface area contributed by atoms with Crippen molar-refractivity contribution < 1.29 is 47.3 Å². The Hall–Kier alpha value is 0.280. The zero-order chi connectivity index (χ0) is 20.4. The van der Waals surface area contributed by atoms with Gasteiger partial charge in [-0.15, -0.1) is 0 Å². The first-order valence-electron chi connectivity index (χ1n) is 10.7. The van der Waals surface area contributed by atoms with E-state index in [4.69, 9.17) is 0 Å². The topological polar surface area (TPSA) is 86.3 Å². The fourth-order valence-electron chi connectivity index (χ4n) is 2.84. The Balaban J connectivity index is 0. The molecule has 0 aromatic heterocycles. The van der Waals surface area contributed by atoms with Crippen LogP contribution in [-0.2, 0) is 14.9 Å². The van der Waals surface area contributed by atoms with Crippen LogP contribution in [-0.4, -0.2) is 30.7 Å². The van der Waals surface area contributed by atoms with Crippen LogP contribution in [0.25, 0.3) is 0 Å². The molecule has 0 spiro atoms. The van der Waals surface area contributed by atoms with E-state index in [0.29, 0.717) is 6.42 Å². The number of rotatable bonds is 19. The molecular weight excluding hydrogens is 385 g/mol. The molecule has 0 fully saturated rings. The van der Waals surface area contributed by atoms with Crippen molar-refractivity contribution >= 4 is 15.9 Å². The second-order valence-corrected chi connectivity index (χ2v) is 9.08. The number of carbonyl (C=O) groups is 1. The average molecular weight is 426 g/mol. The van der Waals surface area contributed by atoms with Crippen molar-refractivity contribution in [1.82, 2.24) is 5.32 Å². The summed E-state index contributed by atoms with van der Waals surface area (Å²) in [5.41, 5.74) is 0. The van der Waals surface area contributed by atoms with Crippen LogP contribution in [0.2, 0.25) is 0 Å². The molecule has 0 saturated heterocycles. The van der Waals surface area contributed by atoms with E-state index >= 15 is 0 Å². The van der Waals surface area contributed by atoms with Crippen molar-refractivity contribution in [2.45, 2.75) is 109 Å². The van der Waals surface area contributed by atoms with Crippen molar-refractivity contribution in [3.8, 4) is 0 Å². The van der Waals surface area contributed by atoms with E-state index in [9.17, 15) is 17.8 Å². The van der Waals surface area contributed by atoms with E-state index in [0.717, 1.165) is 25.7 Å². The van der Waals surface area contributed by atoms with Gasteiger partial charge in [0.2, 0.25) is 0 Å². The fraction of sp³-hybridized carbons (Fsp3) is 0.857. The minimum absolute atomic E-state index is 0. The van der Waals surface area contributed by atoms with E-state index in [2.05, 4.69) is 24.4 Å². The van der Waals surface area contributed by atoms with Gasteiger partial charge in [0.25, 0.3) is 0 Å². The van der Waals surface area contributed by atoms with Crippen molar-refractivity contribution in [1.29, 1.82) is 0 Å². The number of unbranched alkanes of at least 4 members (excludes halogenated alkanes) is 11. The Labute approximate surface area is 195 Å². The predicted octanol–water partition coefficient (Wildman–Crippen LogP) is 2.08. The van der Waals surface area contributed by atoms with Crippen LogP contribution in [0.1, 0.15) is 104 Å². The van der Waals surface area contributed by atoms with Gasteiger partial charge >= 0.3 is 29.6 Å². The molecule has 0 radical (unpaired) electrons. The number of Topliss-reactive ketones (excluding diaryl/α,β-unsaturated/α-hetero) is 1. The molecule has 7 heteroatoms. The van der Waals surface area contributed by atoms with Crippen LogP contribution >= 0.6 is 0 Å². The third-order valence-corrected chi connectivity index (χ3v) is 5.77. The third-order valence-electron chi connectivity index (χ3n) is 4.74. The number of nitrogens with one attached hydrogen (secondary N) is 1. The van der Waals surface area contributed by atoms with Crippen molar-refractivity contribution in [2.75, 3.05) is 6.54 Å². The Morgan fingerprint density at radius 2 is 1.36 bits per heavy atom. The molecule has 0 aliphatic heterocycles. The van der Waals surface area contributed by atoms with Gasteiger partial charge in [-0.2, -0.15) is 0 Å². The number of carbonyl (C=O) groups excluding carboxylic acids is 1. The summed E-state index contributed by atoms with van der Waals surface area (Å²) in [6, 6.07) is 0. The van der Waals surface area contributed by atoms with Crippen LogP contribution in [0.4, 0.5) is 0 Å². The molecule has 1 N–H and O–H groups in total. The summed E-state index contributed by atoms with van der Waals surface area (Å²) >= 11 is 0. The average Bonchev–Trinajstić information content (AvgIpc) is 2.62. The summed E-state index contributed by atoms with van der Waals surface area (Å²) in [5.74, 6) is -0.0388. The molecule has 1 atom stereocenters. The largest absolute Gasteiger partial charge is 1.00 e. The van der Waals surface area contributed by atoms with Crippen LogP contribution in [0.5, 0.6) is 0 Å². The summed E-state index contributed by atoms with van der Waals surface area (Å²) in [7, 11) is -4.37. The van der Waals surface area contributed by atoms with E-state index in [1.165, 1.54) is 64.7 Å². The van der Waals surface area contributed by atoms with Gasteiger partial charge in [0, 0.05) is 6.42 Å². The monoisotopic (exact) mass is 425 g/mol. The maximum atomic E-state index is 11.6. The summed E-state index contributed by atoms with van der Waals surface area (Å²) in [5, 5.41) is 1.25. The van der Waals surface area contributed by atoms with Crippen LogP contribution in [0, 0.1) is 0 Å². The first-order valence-corrected chi connectivity index (χ1v) is 12.2. The molecule has 0 aliphatic carbocycles. The maximum absolute atomic E-state index is 11.6. The number of hydrogen-bond donors (Lipinski definition) is 1. The van der Waals surface area contributed by atoms with Crippen LogP contribution in [0.15, 0.2) is 12.2 Å². The minimum atomic E-state index is -4.37. The third kappa shape index (κ3) is 21.0. The molecule has 0 rings (SSSR count). The molecule has 0 amide bonds. The second kappa shape index (κ2) is 20.5. The molecule has 160 valence electrons. The van der Waals surface area contributed by atoms with E-state index in [1.54, 1.807) is 0 Å². The molecule has 0 aromatic rings. The zero-order valence-electron chi connectivity index (χ0n) is 18.4. The van der Waals surface area contributed by atoms with E-state index in [1.807, 2.05) is 0 Å². The Morgan fingerprint density at radius 3 is 1.86 bits per heavy atom. The fourth-order valence-corrected chi connectivity index (χ4v) is 3.13. The maximum Gasteiger partial charge on any atom is 1.00 e. The predicted molar refractivity (Wildman–Crippen MR) is 112 cm³/mol. The quantitative estimate of drug-likeness (QED) is 0.148. The summed E-state index contributed by atoms with van der Waals surface area (Å²) in [6.45, 7) is 3.46. The first kappa shape index (κ1) is 30.5. The molecule has 0 bridgehead atoms. The molecule has 5 nitrogen and oxygen atoms in total. The number of allylic oxidation sites excluding steroid dienone is 2. The molecular formula is C21H40NNaO4S. The Kier molecular flexibility index (Phi) is 22.4. The van der Waals surface area contributed by atoms with Gasteiger partial charge in [0.15, 0.2) is 0 Å². The molecule has 0 aliphatic rings. The number of hydrogen-bond acceptors (Lipinski definition) is 5. The summed E-state index contributed by atoms with van der Waals surface area (Å²) < 4.78 is 32.2. The minimum Gasteiger partial charge on any atom is -0.747 e. The van der Waals surface area contributed by atoms with Gasteiger partial charge in [-0.3, -0.25) is 10.1 Å². The van der Waals surface area contributed by atoms with Crippen molar-refractivity contribution in [3.63, 3.8) is 0 Å². The summed E-state index contributed by atoms with van der Waals surface area (Å²) in [6.07, 6.45) is 20.8. The van der Waals surface area contributed by atoms with Gasteiger partial charge in [-0.25, -0.2) is 8.42 Å².